The predicted octanol–water partition coefficient (Wildman–Crippen LogP) is 9.14. The molecule has 0 radical (unpaired) electrons. The first-order chi connectivity index (χ1) is 39.7. The molecule has 4 atom stereocenters. The zero-order valence-electron chi connectivity index (χ0n) is 46.5. The van der Waals surface area contributed by atoms with Crippen molar-refractivity contribution in [2.24, 2.45) is 32.2 Å². The number of rotatable bonds is 7. The number of thioether (sulfide) groups is 2. The van der Waals surface area contributed by atoms with Gasteiger partial charge in [0.2, 0.25) is 0 Å². The Kier molecular flexibility index (Phi) is 16.7. The number of carbonyl (C=O) groups excluding carboxylic acids is 1. The maximum Gasteiger partial charge on any atom is 0.283 e. The molecule has 6 aliphatic rings. The van der Waals surface area contributed by atoms with Crippen molar-refractivity contribution in [1.29, 1.82) is 0 Å². The van der Waals surface area contributed by atoms with E-state index in [1.165, 1.54) is 41.7 Å². The van der Waals surface area contributed by atoms with Gasteiger partial charge in [-0.15, -0.1) is 34.5 Å². The topological polar surface area (TPSA) is 270 Å². The second-order valence-corrected chi connectivity index (χ2v) is 31.4. The van der Waals surface area contributed by atoms with E-state index in [1.807, 2.05) is 45.3 Å². The minimum absolute atomic E-state index is 0.00824. The SMILES string of the molecule is CC#Cc1cncc(-c2csc(C3(C)CC4(CCCS(=O)(=O)C4)OC(N)=N3)c2)c1.CC#Cc1cncc(-c2csc(C3(C)CC4(CS(=O)(=O)C4)SC(N)=N3)c2)c1.CC1(c2cc(NC(=O)c3ccc(F)cn3)ccc2F)CC2(COC2)SC(N)=N1. The lowest BCUT2D eigenvalue weighted by molar-refractivity contribution is -0.0211. The third kappa shape index (κ3) is 13.4. The summed E-state index contributed by atoms with van der Waals surface area (Å²) in [6.45, 7) is 10.5. The van der Waals surface area contributed by atoms with Crippen LogP contribution in [-0.4, -0.2) is 105 Å². The summed E-state index contributed by atoms with van der Waals surface area (Å²) >= 11 is 6.08. The Morgan fingerprint density at radius 3 is 1.80 bits per heavy atom. The van der Waals surface area contributed by atoms with Crippen molar-refractivity contribution in [3.63, 3.8) is 0 Å². The summed E-state index contributed by atoms with van der Waals surface area (Å²) in [6.07, 6.45) is 11.1. The summed E-state index contributed by atoms with van der Waals surface area (Å²) in [5, 5.41) is 7.66. The van der Waals surface area contributed by atoms with Gasteiger partial charge in [0.05, 0.1) is 63.0 Å². The monoisotopic (exact) mass is 1250 g/mol. The van der Waals surface area contributed by atoms with E-state index in [2.05, 4.69) is 76.8 Å². The molecule has 6 aromatic rings. The van der Waals surface area contributed by atoms with E-state index < -0.39 is 59.4 Å². The second kappa shape index (κ2) is 23.3. The number of ether oxygens (including phenoxy) is 2. The van der Waals surface area contributed by atoms with Crippen molar-refractivity contribution < 1.29 is 39.9 Å². The van der Waals surface area contributed by atoms with Crippen LogP contribution < -0.4 is 22.5 Å². The average Bonchev–Trinajstić information content (AvgIpc) is 1.01. The summed E-state index contributed by atoms with van der Waals surface area (Å²) in [4.78, 5) is 40.5. The molecule has 0 saturated carbocycles. The fourth-order valence-corrected chi connectivity index (χ4v) is 21.2. The van der Waals surface area contributed by atoms with Gasteiger partial charge in [0.15, 0.2) is 30.0 Å². The average molecular weight is 1250 g/mol. The summed E-state index contributed by atoms with van der Waals surface area (Å²) in [5.74, 6) is 10.9. The molecule has 25 heteroatoms. The lowest BCUT2D eigenvalue weighted by Gasteiger charge is -2.48. The number of thiophene rings is 2. The Morgan fingerprint density at radius 2 is 1.25 bits per heavy atom. The Hall–Kier alpha value is -6.71. The summed E-state index contributed by atoms with van der Waals surface area (Å²) in [5.41, 5.74) is 21.9. The molecular weight excluding hydrogens is 1190 g/mol. The van der Waals surface area contributed by atoms with Crippen LogP contribution >= 0.6 is 46.2 Å². The van der Waals surface area contributed by atoms with Gasteiger partial charge in [-0.25, -0.2) is 35.6 Å². The van der Waals surface area contributed by atoms with Gasteiger partial charge >= 0.3 is 0 Å². The number of aliphatic imine (C=N–C) groups is 3. The summed E-state index contributed by atoms with van der Waals surface area (Å²) in [7, 11) is -6.09. The molecule has 1 amide bonds. The molecule has 3 fully saturated rings. The van der Waals surface area contributed by atoms with Crippen LogP contribution in [0.2, 0.25) is 0 Å². The van der Waals surface area contributed by atoms with E-state index in [0.717, 1.165) is 55.4 Å². The zero-order chi connectivity index (χ0) is 59.9. The lowest BCUT2D eigenvalue weighted by Crippen LogP contribution is -2.57. The van der Waals surface area contributed by atoms with Crippen molar-refractivity contribution >= 4 is 93.8 Å². The number of halogens is 2. The molecule has 12 rings (SSSR count). The van der Waals surface area contributed by atoms with Crippen molar-refractivity contribution in [3.05, 3.63) is 140 Å². The zero-order valence-corrected chi connectivity index (χ0v) is 51.4. The fraction of sp³-hybridized carbons (Fsp3) is 0.373. The number of nitrogens with one attached hydrogen (secondary N) is 1. The number of benzene rings is 1. The van der Waals surface area contributed by atoms with Crippen molar-refractivity contribution in [2.45, 2.75) is 98.4 Å². The molecule has 84 heavy (non-hydrogen) atoms. The van der Waals surface area contributed by atoms with E-state index in [-0.39, 0.29) is 44.2 Å². The maximum absolute atomic E-state index is 14.7. The highest BCUT2D eigenvalue weighted by atomic mass is 32.2. The number of hydrogen-bond acceptors (Lipinski definition) is 20. The number of amides is 1. The number of amidine groups is 3. The lowest BCUT2D eigenvalue weighted by atomic mass is 9.81. The van der Waals surface area contributed by atoms with Crippen LogP contribution in [0, 0.1) is 35.3 Å². The molecule has 17 nitrogen and oxygen atoms in total. The minimum atomic E-state index is -3.15. The molecule has 0 bridgehead atoms. The number of carbonyl (C=O) groups is 1. The number of hydrogen-bond donors (Lipinski definition) is 4. The van der Waals surface area contributed by atoms with Crippen LogP contribution in [0.25, 0.3) is 22.3 Å². The highest BCUT2D eigenvalue weighted by Crippen LogP contribution is 2.53. The number of nitrogens with two attached hydrogens (primary N) is 3. The van der Waals surface area contributed by atoms with Gasteiger partial charge in [-0.1, -0.05) is 35.4 Å². The molecular formula is C59H60F2N10O7S6. The molecule has 4 unspecified atom stereocenters. The van der Waals surface area contributed by atoms with Gasteiger partial charge in [0.1, 0.15) is 28.5 Å². The largest absolute Gasteiger partial charge is 0.458 e. The standard InChI is InChI=1S/C21H23N3O3S2.C19H18F2N4O2S.C19H19N3O2S3/c1-3-5-15-8-16(11-23-10-15)17-9-18(28-12-17)20(2)13-21(27-19(22)24-20)6-4-7-29(25,26)14-21;1-18(8-19(9-27-10-19)28-17(22)25-18)13-6-12(3-4-14(13)21)24-16(26)15-5-2-11(20)7-23-15;1-3-4-13-5-14(8-21-7-13)15-6-16(25-9-15)18(2)10-19(26-17(20)22-18)11-27(23,24)12-19/h8-12H,4,6-7,13-14H2,1-2H3,(H2,22,24);2-7H,8-10H2,1H3,(H2,22,25)(H,24,26);5-9H,10-12H2,1-2H3,(H2,20,22). The number of pyridine rings is 3. The molecule has 11 heterocycles. The van der Waals surface area contributed by atoms with Crippen molar-refractivity contribution in [1.82, 2.24) is 15.0 Å². The van der Waals surface area contributed by atoms with Gasteiger partial charge in [-0.3, -0.25) is 24.7 Å². The van der Waals surface area contributed by atoms with E-state index in [4.69, 9.17) is 31.7 Å². The Balaban J connectivity index is 0.000000140. The van der Waals surface area contributed by atoms with Gasteiger partial charge in [-0.05, 0) is 137 Å². The molecule has 3 spiro atoms. The smallest absolute Gasteiger partial charge is 0.283 e. The third-order valence-corrected chi connectivity index (χ3v) is 23.9. The van der Waals surface area contributed by atoms with Crippen LogP contribution in [0.5, 0.6) is 0 Å². The highest BCUT2D eigenvalue weighted by Gasteiger charge is 2.56. The fourth-order valence-electron chi connectivity index (χ4n) is 11.7. The normalized spacial score (nSPS) is 25.5. The van der Waals surface area contributed by atoms with Gasteiger partial charge in [0, 0.05) is 74.5 Å². The molecule has 5 aromatic heterocycles. The van der Waals surface area contributed by atoms with Crippen LogP contribution in [-0.2, 0) is 45.8 Å². The van der Waals surface area contributed by atoms with E-state index >= 15 is 0 Å². The number of anilines is 1. The van der Waals surface area contributed by atoms with Gasteiger partial charge in [-0.2, -0.15) is 0 Å². The molecule has 0 aliphatic carbocycles. The highest BCUT2D eigenvalue weighted by molar-refractivity contribution is 8.17. The second-order valence-electron chi connectivity index (χ2n) is 22.4. The van der Waals surface area contributed by atoms with Crippen molar-refractivity contribution in [3.8, 4) is 45.9 Å². The van der Waals surface area contributed by atoms with Gasteiger partial charge in [0.25, 0.3) is 11.9 Å². The van der Waals surface area contributed by atoms with E-state index in [1.54, 1.807) is 55.0 Å². The number of nitrogens with zero attached hydrogens (tertiary/aromatic N) is 6. The van der Waals surface area contributed by atoms with E-state index in [0.29, 0.717) is 66.9 Å². The molecule has 1 aromatic carbocycles. The first-order valence-corrected chi connectivity index (χ1v) is 33.6. The molecule has 7 N–H and O–H groups in total. The van der Waals surface area contributed by atoms with Crippen molar-refractivity contribution in [2.75, 3.05) is 41.5 Å². The van der Waals surface area contributed by atoms with Crippen LogP contribution in [0.1, 0.15) is 104 Å². The third-order valence-electron chi connectivity index (χ3n) is 15.0. The summed E-state index contributed by atoms with van der Waals surface area (Å²) in [6, 6.07) is 15.0. The molecule has 6 aliphatic heterocycles. The minimum Gasteiger partial charge on any atom is -0.458 e. The van der Waals surface area contributed by atoms with Crippen LogP contribution in [0.15, 0.2) is 111 Å². The first kappa shape index (κ1) is 60.4. The quantitative estimate of drug-likeness (QED) is 0.109. The number of sulfone groups is 2. The Bertz CT molecular complexity index is 4020. The Morgan fingerprint density at radius 1 is 0.667 bits per heavy atom. The van der Waals surface area contributed by atoms with Crippen LogP contribution in [0.3, 0.4) is 0 Å². The maximum atomic E-state index is 14.7. The van der Waals surface area contributed by atoms with E-state index in [9.17, 15) is 30.4 Å². The first-order valence-electron chi connectivity index (χ1n) is 26.5. The number of aromatic nitrogens is 3. The Labute approximate surface area is 503 Å². The van der Waals surface area contributed by atoms with Gasteiger partial charge < -0.3 is 32.0 Å². The molecule has 3 saturated heterocycles. The predicted molar refractivity (Wildman–Crippen MR) is 331 cm³/mol. The summed E-state index contributed by atoms with van der Waals surface area (Å²) < 4.78 is 86.4. The molecule has 438 valence electrons. The van der Waals surface area contributed by atoms with Crippen LogP contribution in [0.4, 0.5) is 14.5 Å².